The third-order valence-electron chi connectivity index (χ3n) is 2.70. The molecular formula is C14H13NO4. The molecule has 5 heteroatoms. The van der Waals surface area contributed by atoms with E-state index in [0.717, 1.165) is 5.56 Å². The fourth-order valence-electron chi connectivity index (χ4n) is 1.78. The highest BCUT2D eigenvalue weighted by Crippen LogP contribution is 2.25. The molecule has 1 heterocycles. The first kappa shape index (κ1) is 12.9. The van der Waals surface area contributed by atoms with Crippen LogP contribution < -0.4 is 0 Å². The van der Waals surface area contributed by atoms with Crippen LogP contribution in [0.2, 0.25) is 0 Å². The van der Waals surface area contributed by atoms with E-state index in [9.17, 15) is 9.59 Å². The van der Waals surface area contributed by atoms with Crippen LogP contribution in [0.25, 0.3) is 11.1 Å². The molecule has 0 aliphatic rings. The fourth-order valence-corrected chi connectivity index (χ4v) is 1.78. The molecule has 0 bridgehead atoms. The molecular weight excluding hydrogens is 246 g/mol. The minimum Gasteiger partial charge on any atom is -0.464 e. The molecule has 0 saturated carbocycles. The monoisotopic (exact) mass is 259 g/mol. The van der Waals surface area contributed by atoms with Gasteiger partial charge in [0, 0.05) is 5.56 Å². The summed E-state index contributed by atoms with van der Waals surface area (Å²) in [7, 11) is 2.57. The van der Waals surface area contributed by atoms with Crippen molar-refractivity contribution in [2.75, 3.05) is 14.2 Å². The van der Waals surface area contributed by atoms with Crippen LogP contribution in [0.3, 0.4) is 0 Å². The number of carbonyl (C=O) groups is 2. The predicted octanol–water partition coefficient (Wildman–Crippen LogP) is 2.25. The van der Waals surface area contributed by atoms with Crippen LogP contribution >= 0.6 is 0 Å². The van der Waals surface area contributed by atoms with Crippen LogP contribution in [-0.2, 0) is 9.47 Å². The van der Waals surface area contributed by atoms with E-state index in [0.29, 0.717) is 5.56 Å². The Morgan fingerprint density at radius 2 is 1.63 bits per heavy atom. The van der Waals surface area contributed by atoms with Crippen molar-refractivity contribution in [3.05, 3.63) is 47.8 Å². The second-order valence-corrected chi connectivity index (χ2v) is 3.82. The first-order valence-corrected chi connectivity index (χ1v) is 5.62. The van der Waals surface area contributed by atoms with Gasteiger partial charge in [-0.1, -0.05) is 30.3 Å². The number of rotatable bonds is 3. The lowest BCUT2D eigenvalue weighted by molar-refractivity contribution is 0.0590. The number of aromatic nitrogens is 1. The van der Waals surface area contributed by atoms with Gasteiger partial charge >= 0.3 is 11.9 Å². The zero-order valence-electron chi connectivity index (χ0n) is 10.6. The molecule has 1 aromatic heterocycles. The number of benzene rings is 1. The van der Waals surface area contributed by atoms with Gasteiger partial charge in [0.15, 0.2) is 0 Å². The van der Waals surface area contributed by atoms with E-state index in [-0.39, 0.29) is 11.4 Å². The molecule has 0 unspecified atom stereocenters. The van der Waals surface area contributed by atoms with Crippen molar-refractivity contribution >= 4 is 11.9 Å². The van der Waals surface area contributed by atoms with E-state index in [1.165, 1.54) is 14.2 Å². The largest absolute Gasteiger partial charge is 0.464 e. The normalized spacial score (nSPS) is 10.0. The highest BCUT2D eigenvalue weighted by Gasteiger charge is 2.20. The Balaban J connectivity index is 2.55. The van der Waals surface area contributed by atoms with Gasteiger partial charge in [-0.25, -0.2) is 9.59 Å². The van der Waals surface area contributed by atoms with Crippen molar-refractivity contribution < 1.29 is 19.1 Å². The molecule has 1 aromatic carbocycles. The average Bonchev–Trinajstić information content (AvgIpc) is 2.91. The van der Waals surface area contributed by atoms with Crippen molar-refractivity contribution in [1.82, 2.24) is 4.98 Å². The summed E-state index contributed by atoms with van der Waals surface area (Å²) < 4.78 is 9.33. The predicted molar refractivity (Wildman–Crippen MR) is 68.9 cm³/mol. The van der Waals surface area contributed by atoms with E-state index >= 15 is 0 Å². The Labute approximate surface area is 110 Å². The molecule has 0 atom stereocenters. The summed E-state index contributed by atoms with van der Waals surface area (Å²) in [6.07, 6.45) is 0. The molecule has 19 heavy (non-hydrogen) atoms. The third kappa shape index (κ3) is 2.49. The quantitative estimate of drug-likeness (QED) is 0.858. The topological polar surface area (TPSA) is 68.4 Å². The molecule has 5 nitrogen and oxygen atoms in total. The summed E-state index contributed by atoms with van der Waals surface area (Å²) in [5, 5.41) is 0. The minimum absolute atomic E-state index is 0.210. The van der Waals surface area contributed by atoms with Gasteiger partial charge in [-0.2, -0.15) is 0 Å². The lowest BCUT2D eigenvalue weighted by Crippen LogP contribution is -2.05. The average molecular weight is 259 g/mol. The lowest BCUT2D eigenvalue weighted by atomic mass is 10.1. The molecule has 0 saturated heterocycles. The molecule has 0 fully saturated rings. The summed E-state index contributed by atoms with van der Waals surface area (Å²) >= 11 is 0. The number of carbonyl (C=O) groups excluding carboxylic acids is 2. The van der Waals surface area contributed by atoms with Crippen LogP contribution in [0.15, 0.2) is 36.4 Å². The number of hydrogen-bond donors (Lipinski definition) is 1. The first-order chi connectivity index (χ1) is 9.17. The molecule has 0 spiro atoms. The SMILES string of the molecule is COC(=O)c1cc(-c2ccccc2)c(C(=O)OC)[nH]1. The molecule has 98 valence electrons. The van der Waals surface area contributed by atoms with E-state index in [1.54, 1.807) is 6.07 Å². The maximum Gasteiger partial charge on any atom is 0.355 e. The second kappa shape index (κ2) is 5.39. The second-order valence-electron chi connectivity index (χ2n) is 3.82. The fraction of sp³-hybridized carbons (Fsp3) is 0.143. The van der Waals surface area contributed by atoms with Crippen LogP contribution in [-0.4, -0.2) is 31.1 Å². The molecule has 1 N–H and O–H groups in total. The number of methoxy groups -OCH3 is 2. The molecule has 0 amide bonds. The van der Waals surface area contributed by atoms with E-state index in [1.807, 2.05) is 30.3 Å². The summed E-state index contributed by atoms with van der Waals surface area (Å²) in [6, 6.07) is 10.8. The highest BCUT2D eigenvalue weighted by atomic mass is 16.5. The van der Waals surface area contributed by atoms with E-state index in [4.69, 9.17) is 4.74 Å². The van der Waals surface area contributed by atoms with Crippen molar-refractivity contribution in [2.24, 2.45) is 0 Å². The van der Waals surface area contributed by atoms with Crippen molar-refractivity contribution in [1.29, 1.82) is 0 Å². The van der Waals surface area contributed by atoms with Gasteiger partial charge in [-0.05, 0) is 11.6 Å². The van der Waals surface area contributed by atoms with Gasteiger partial charge in [0.25, 0.3) is 0 Å². The van der Waals surface area contributed by atoms with Gasteiger partial charge in [-0.3, -0.25) is 0 Å². The number of hydrogen-bond acceptors (Lipinski definition) is 4. The van der Waals surface area contributed by atoms with Gasteiger partial charge in [-0.15, -0.1) is 0 Å². The number of esters is 2. The zero-order chi connectivity index (χ0) is 13.8. The van der Waals surface area contributed by atoms with Gasteiger partial charge in [0.2, 0.25) is 0 Å². The Morgan fingerprint density at radius 1 is 1.00 bits per heavy atom. The van der Waals surface area contributed by atoms with Gasteiger partial charge in [0.1, 0.15) is 11.4 Å². The van der Waals surface area contributed by atoms with Crippen molar-refractivity contribution in [3.63, 3.8) is 0 Å². The molecule has 0 radical (unpaired) electrons. The third-order valence-corrected chi connectivity index (χ3v) is 2.70. The van der Waals surface area contributed by atoms with Crippen molar-refractivity contribution in [3.8, 4) is 11.1 Å². The van der Waals surface area contributed by atoms with Crippen LogP contribution in [0, 0.1) is 0 Å². The zero-order valence-corrected chi connectivity index (χ0v) is 10.6. The lowest BCUT2D eigenvalue weighted by Gasteiger charge is -2.01. The maximum atomic E-state index is 11.7. The summed E-state index contributed by atoms with van der Waals surface area (Å²) in [4.78, 5) is 26.0. The van der Waals surface area contributed by atoms with Gasteiger partial charge in [0.05, 0.1) is 14.2 Å². The molecule has 2 aromatic rings. The molecule has 2 rings (SSSR count). The number of H-pyrrole nitrogens is 1. The smallest absolute Gasteiger partial charge is 0.355 e. The maximum absolute atomic E-state index is 11.7. The van der Waals surface area contributed by atoms with E-state index < -0.39 is 11.9 Å². The Kier molecular flexibility index (Phi) is 3.66. The molecule has 0 aliphatic carbocycles. The summed E-state index contributed by atoms with van der Waals surface area (Å²) in [5.41, 5.74) is 1.86. The Bertz CT molecular complexity index is 601. The van der Waals surface area contributed by atoms with Crippen LogP contribution in [0.5, 0.6) is 0 Å². The standard InChI is InChI=1S/C14H13NO4/c1-18-13(16)11-8-10(9-6-4-3-5-7-9)12(15-11)14(17)19-2/h3-8,15H,1-2H3. The summed E-state index contributed by atoms with van der Waals surface area (Å²) in [6.45, 7) is 0. The highest BCUT2D eigenvalue weighted by molar-refractivity contribution is 5.99. The molecule has 0 aliphatic heterocycles. The van der Waals surface area contributed by atoms with Crippen molar-refractivity contribution in [2.45, 2.75) is 0 Å². The van der Waals surface area contributed by atoms with Crippen LogP contribution in [0.4, 0.5) is 0 Å². The number of ether oxygens (including phenoxy) is 2. The Hall–Kier alpha value is -2.56. The number of aromatic amines is 1. The van der Waals surface area contributed by atoms with Crippen LogP contribution in [0.1, 0.15) is 21.0 Å². The minimum atomic E-state index is -0.535. The van der Waals surface area contributed by atoms with Gasteiger partial charge < -0.3 is 14.5 Å². The number of nitrogens with one attached hydrogen (secondary N) is 1. The first-order valence-electron chi connectivity index (χ1n) is 5.62. The van der Waals surface area contributed by atoms with E-state index in [2.05, 4.69) is 9.72 Å². The summed E-state index contributed by atoms with van der Waals surface area (Å²) in [5.74, 6) is -1.07. The Morgan fingerprint density at radius 3 is 2.21 bits per heavy atom.